The Bertz CT molecular complexity index is 494. The summed E-state index contributed by atoms with van der Waals surface area (Å²) in [6.07, 6.45) is 3.26. The molecule has 2 rings (SSSR count). The summed E-state index contributed by atoms with van der Waals surface area (Å²) < 4.78 is 4.72. The molecule has 4 heteroatoms. The van der Waals surface area contributed by atoms with E-state index in [-0.39, 0.29) is 5.41 Å². The summed E-state index contributed by atoms with van der Waals surface area (Å²) in [6, 6.07) is 11.1. The highest BCUT2D eigenvalue weighted by molar-refractivity contribution is 5.23. The number of aromatic nitrogens is 2. The van der Waals surface area contributed by atoms with E-state index in [2.05, 4.69) is 66.6 Å². The second-order valence-electron chi connectivity index (χ2n) is 5.91. The number of hydrogen-bond donors (Lipinski definition) is 1. The first-order valence-corrected chi connectivity index (χ1v) is 7.12. The molecule has 1 aromatic carbocycles. The van der Waals surface area contributed by atoms with Gasteiger partial charge in [-0.05, 0) is 24.3 Å². The van der Waals surface area contributed by atoms with Crippen molar-refractivity contribution in [2.45, 2.75) is 45.1 Å². The maximum absolute atomic E-state index is 4.72. The quantitative estimate of drug-likeness (QED) is 0.842. The van der Waals surface area contributed by atoms with Crippen LogP contribution in [0, 0.1) is 0 Å². The van der Waals surface area contributed by atoms with Crippen LogP contribution in [0.1, 0.15) is 38.6 Å². The maximum atomic E-state index is 4.72. The van der Waals surface area contributed by atoms with Crippen molar-refractivity contribution in [2.75, 3.05) is 6.54 Å². The van der Waals surface area contributed by atoms with Gasteiger partial charge >= 0.3 is 0 Å². The zero-order valence-corrected chi connectivity index (χ0v) is 12.5. The third-order valence-electron chi connectivity index (χ3n) is 3.62. The molecule has 108 valence electrons. The maximum Gasteiger partial charge on any atom is 0.213 e. The highest BCUT2D eigenvalue weighted by atomic mass is 16.5. The second-order valence-corrected chi connectivity index (χ2v) is 5.91. The molecule has 1 N–H and O–H groups in total. The number of rotatable bonds is 7. The number of nitrogens with one attached hydrogen (secondary N) is 1. The lowest BCUT2D eigenvalue weighted by Gasteiger charge is -2.29. The minimum Gasteiger partial charge on any atom is -0.343 e. The van der Waals surface area contributed by atoms with Crippen LogP contribution in [0.25, 0.3) is 0 Å². The van der Waals surface area contributed by atoms with Gasteiger partial charge in [0.05, 0.1) is 0 Å². The van der Waals surface area contributed by atoms with Crippen molar-refractivity contribution in [3.05, 3.63) is 48.1 Å². The molecule has 0 aliphatic rings. The van der Waals surface area contributed by atoms with Crippen LogP contribution in [0.2, 0.25) is 0 Å². The summed E-state index contributed by atoms with van der Waals surface area (Å²) >= 11 is 0. The topological polar surface area (TPSA) is 51.0 Å². The predicted octanol–water partition coefficient (Wildman–Crippen LogP) is 2.96. The van der Waals surface area contributed by atoms with E-state index >= 15 is 0 Å². The van der Waals surface area contributed by atoms with Crippen molar-refractivity contribution in [1.29, 1.82) is 0 Å². The molecule has 0 aliphatic carbocycles. The summed E-state index contributed by atoms with van der Waals surface area (Å²) in [5.74, 6) is 0.756. The summed E-state index contributed by atoms with van der Waals surface area (Å²) in [5, 5.41) is 7.33. The Morgan fingerprint density at radius 2 is 2.00 bits per heavy atom. The fourth-order valence-electron chi connectivity index (χ4n) is 2.58. The van der Waals surface area contributed by atoms with Crippen LogP contribution in [-0.4, -0.2) is 22.7 Å². The van der Waals surface area contributed by atoms with Gasteiger partial charge in [0.25, 0.3) is 0 Å². The third-order valence-corrected chi connectivity index (χ3v) is 3.62. The Morgan fingerprint density at radius 3 is 2.65 bits per heavy atom. The summed E-state index contributed by atoms with van der Waals surface area (Å²) in [5.41, 5.74) is 1.55. The lowest BCUT2D eigenvalue weighted by atomic mass is 9.79. The Hall–Kier alpha value is -1.68. The van der Waals surface area contributed by atoms with Gasteiger partial charge in [-0.2, -0.15) is 4.98 Å². The average Bonchev–Trinajstić information content (AvgIpc) is 2.92. The third kappa shape index (κ3) is 4.17. The molecule has 2 aromatic rings. The normalized spacial score (nSPS) is 13.3. The summed E-state index contributed by atoms with van der Waals surface area (Å²) in [4.78, 5) is 4.02. The molecular weight excluding hydrogens is 250 g/mol. The molecule has 1 aromatic heterocycles. The first-order valence-electron chi connectivity index (χ1n) is 7.12. The van der Waals surface area contributed by atoms with E-state index in [1.54, 1.807) is 0 Å². The molecule has 0 saturated heterocycles. The number of nitrogens with zero attached hydrogens (tertiary/aromatic N) is 2. The molecule has 0 bridgehead atoms. The minimum absolute atomic E-state index is 0.166. The van der Waals surface area contributed by atoms with Crippen molar-refractivity contribution in [3.8, 4) is 0 Å². The fourth-order valence-corrected chi connectivity index (χ4v) is 2.58. The van der Waals surface area contributed by atoms with E-state index in [4.69, 9.17) is 4.52 Å². The largest absolute Gasteiger partial charge is 0.343 e. The Labute approximate surface area is 120 Å². The molecule has 1 heterocycles. The molecule has 0 radical (unpaired) electrons. The van der Waals surface area contributed by atoms with E-state index in [0.717, 1.165) is 25.2 Å². The van der Waals surface area contributed by atoms with Crippen molar-refractivity contribution < 1.29 is 4.52 Å². The van der Waals surface area contributed by atoms with Crippen molar-refractivity contribution in [1.82, 2.24) is 15.5 Å². The Kier molecular flexibility index (Phi) is 4.90. The summed E-state index contributed by atoms with van der Waals surface area (Å²) in [7, 11) is 0. The molecule has 0 saturated carbocycles. The van der Waals surface area contributed by atoms with E-state index in [0.29, 0.717) is 6.04 Å². The lowest BCUT2D eigenvalue weighted by Crippen LogP contribution is -2.34. The highest BCUT2D eigenvalue weighted by Gasteiger charge is 2.22. The molecule has 0 spiro atoms. The zero-order chi connectivity index (χ0) is 14.4. The van der Waals surface area contributed by atoms with Crippen LogP contribution in [0.4, 0.5) is 0 Å². The number of hydrogen-bond acceptors (Lipinski definition) is 4. The van der Waals surface area contributed by atoms with Crippen molar-refractivity contribution >= 4 is 0 Å². The van der Waals surface area contributed by atoms with Crippen LogP contribution in [0.5, 0.6) is 0 Å². The Balaban J connectivity index is 1.80. The molecule has 1 atom stereocenters. The second kappa shape index (κ2) is 6.66. The molecule has 4 nitrogen and oxygen atoms in total. The van der Waals surface area contributed by atoms with Gasteiger partial charge in [0.15, 0.2) is 5.82 Å². The van der Waals surface area contributed by atoms with Gasteiger partial charge in [-0.3, -0.25) is 0 Å². The first-order chi connectivity index (χ1) is 9.58. The highest BCUT2D eigenvalue weighted by Crippen LogP contribution is 2.27. The van der Waals surface area contributed by atoms with Crippen molar-refractivity contribution in [2.24, 2.45) is 0 Å². The van der Waals surface area contributed by atoms with Gasteiger partial charge < -0.3 is 9.84 Å². The van der Waals surface area contributed by atoms with E-state index in [1.807, 2.05) is 0 Å². The average molecular weight is 273 g/mol. The molecule has 1 unspecified atom stereocenters. The van der Waals surface area contributed by atoms with Gasteiger partial charge in [-0.15, -0.1) is 0 Å². The van der Waals surface area contributed by atoms with E-state index in [9.17, 15) is 0 Å². The van der Waals surface area contributed by atoms with Crippen LogP contribution in [0.3, 0.4) is 0 Å². The van der Waals surface area contributed by atoms with Gasteiger partial charge in [-0.25, -0.2) is 0 Å². The summed E-state index contributed by atoms with van der Waals surface area (Å²) in [6.45, 7) is 7.67. The molecule has 0 amide bonds. The van der Waals surface area contributed by atoms with Crippen molar-refractivity contribution in [3.63, 3.8) is 0 Å². The number of benzene rings is 1. The van der Waals surface area contributed by atoms with Gasteiger partial charge in [0, 0.05) is 19.0 Å². The SMILES string of the molecule is CC(CC(C)(C)c1ccccc1)NCCc1ncon1. The van der Waals surface area contributed by atoms with Gasteiger partial charge in [-0.1, -0.05) is 49.3 Å². The monoisotopic (exact) mass is 273 g/mol. The van der Waals surface area contributed by atoms with Crippen LogP contribution in [0.15, 0.2) is 41.2 Å². The van der Waals surface area contributed by atoms with E-state index < -0.39 is 0 Å². The predicted molar refractivity (Wildman–Crippen MR) is 79.6 cm³/mol. The Morgan fingerprint density at radius 1 is 1.25 bits per heavy atom. The van der Waals surface area contributed by atoms with Crippen LogP contribution in [-0.2, 0) is 11.8 Å². The molecular formula is C16H23N3O. The van der Waals surface area contributed by atoms with E-state index in [1.165, 1.54) is 12.0 Å². The first kappa shape index (κ1) is 14.7. The minimum atomic E-state index is 0.166. The van der Waals surface area contributed by atoms with Crippen LogP contribution < -0.4 is 5.32 Å². The van der Waals surface area contributed by atoms with Crippen LogP contribution >= 0.6 is 0 Å². The standard InChI is InChI=1S/C16H23N3O/c1-13(17-10-9-15-18-12-20-19-15)11-16(2,3)14-7-5-4-6-8-14/h4-8,12-13,17H,9-11H2,1-3H3. The van der Waals surface area contributed by atoms with Gasteiger partial charge in [0.1, 0.15) is 0 Å². The molecule has 0 fully saturated rings. The lowest BCUT2D eigenvalue weighted by molar-refractivity contribution is 0.385. The van der Waals surface area contributed by atoms with Gasteiger partial charge in [0.2, 0.25) is 6.39 Å². The molecule has 0 aliphatic heterocycles. The fraction of sp³-hybridized carbons (Fsp3) is 0.500. The molecule has 20 heavy (non-hydrogen) atoms. The smallest absolute Gasteiger partial charge is 0.213 e. The zero-order valence-electron chi connectivity index (χ0n) is 12.5.